The van der Waals surface area contributed by atoms with Gasteiger partial charge in [-0.3, -0.25) is 9.69 Å². The Morgan fingerprint density at radius 3 is 2.50 bits per heavy atom. The van der Waals surface area contributed by atoms with Gasteiger partial charge in [-0.05, 0) is 37.1 Å². The van der Waals surface area contributed by atoms with Gasteiger partial charge in [0, 0.05) is 17.1 Å². The van der Waals surface area contributed by atoms with Gasteiger partial charge in [-0.15, -0.1) is 10.2 Å². The second kappa shape index (κ2) is 6.50. The van der Waals surface area contributed by atoms with E-state index in [1.807, 2.05) is 24.3 Å². The van der Waals surface area contributed by atoms with Crippen LogP contribution in [0.4, 0.5) is 4.79 Å². The third-order valence-electron chi connectivity index (χ3n) is 5.34. The Morgan fingerprint density at radius 1 is 1.12 bits per heavy atom. The summed E-state index contributed by atoms with van der Waals surface area (Å²) in [5.41, 5.74) is 0.0936. The molecule has 1 aromatic carbocycles. The maximum Gasteiger partial charge on any atom is 0.327 e. The van der Waals surface area contributed by atoms with Crippen molar-refractivity contribution in [3.05, 3.63) is 34.6 Å². The Hall–Kier alpha value is -2.22. The Balaban J connectivity index is 1.55. The van der Waals surface area contributed by atoms with E-state index in [0.29, 0.717) is 5.89 Å². The lowest BCUT2D eigenvalue weighted by atomic mass is 9.81. The molecule has 4 rings (SSSR count). The Kier molecular flexibility index (Phi) is 4.30. The molecule has 0 bridgehead atoms. The van der Waals surface area contributed by atoms with Crippen LogP contribution in [0.15, 0.2) is 33.2 Å². The third-order valence-corrected chi connectivity index (χ3v) is 5.86. The van der Waals surface area contributed by atoms with Crippen LogP contribution in [0.3, 0.4) is 0 Å². The molecule has 1 spiro atoms. The van der Waals surface area contributed by atoms with Crippen LogP contribution in [0.5, 0.6) is 0 Å². The van der Waals surface area contributed by atoms with Crippen LogP contribution in [0.25, 0.3) is 11.5 Å². The molecule has 2 aliphatic rings. The maximum absolute atomic E-state index is 13.0. The number of halogens is 1. The molecule has 8 heteroatoms. The van der Waals surface area contributed by atoms with E-state index in [-0.39, 0.29) is 24.4 Å². The van der Waals surface area contributed by atoms with Gasteiger partial charge in [-0.1, -0.05) is 35.2 Å². The number of imide groups is 1. The summed E-state index contributed by atoms with van der Waals surface area (Å²) in [5.74, 6) is 0.478. The number of rotatable bonds is 3. The second-order valence-electron chi connectivity index (χ2n) is 6.83. The molecule has 2 aromatic rings. The van der Waals surface area contributed by atoms with E-state index in [1.54, 1.807) is 11.9 Å². The zero-order chi connectivity index (χ0) is 18.3. The highest BCUT2D eigenvalue weighted by Crippen LogP contribution is 2.39. The minimum Gasteiger partial charge on any atom is -0.419 e. The van der Waals surface area contributed by atoms with E-state index >= 15 is 0 Å². The van der Waals surface area contributed by atoms with E-state index in [4.69, 9.17) is 4.42 Å². The number of hydrogen-bond donors (Lipinski definition) is 0. The lowest BCUT2D eigenvalue weighted by Crippen LogP contribution is -2.49. The number of hydrogen-bond acceptors (Lipinski definition) is 5. The van der Waals surface area contributed by atoms with Crippen molar-refractivity contribution in [2.24, 2.45) is 0 Å². The van der Waals surface area contributed by atoms with Crippen LogP contribution in [0.1, 0.15) is 38.0 Å². The second-order valence-corrected chi connectivity index (χ2v) is 7.75. The van der Waals surface area contributed by atoms with Crippen LogP contribution >= 0.6 is 15.9 Å². The van der Waals surface area contributed by atoms with Gasteiger partial charge in [0.05, 0.1) is 0 Å². The predicted octanol–water partition coefficient (Wildman–Crippen LogP) is 3.60. The molecule has 1 aromatic heterocycles. The van der Waals surface area contributed by atoms with E-state index in [1.165, 1.54) is 4.90 Å². The fraction of sp³-hybridized carbons (Fsp3) is 0.444. The fourth-order valence-electron chi connectivity index (χ4n) is 3.83. The first kappa shape index (κ1) is 17.2. The molecule has 2 heterocycles. The number of nitrogens with zero attached hydrogens (tertiary/aromatic N) is 4. The van der Waals surface area contributed by atoms with Crippen molar-refractivity contribution in [2.45, 2.75) is 44.2 Å². The molecular formula is C18H19BrN4O3. The summed E-state index contributed by atoms with van der Waals surface area (Å²) in [7, 11) is 1.71. The number of aromatic nitrogens is 2. The summed E-state index contributed by atoms with van der Waals surface area (Å²) in [6.07, 6.45) is 4.48. The van der Waals surface area contributed by atoms with Gasteiger partial charge in [-0.25, -0.2) is 4.79 Å². The topological polar surface area (TPSA) is 79.5 Å². The average Bonchev–Trinajstić information content (AvgIpc) is 3.19. The molecule has 1 saturated heterocycles. The first-order chi connectivity index (χ1) is 12.5. The Labute approximate surface area is 159 Å². The molecular weight excluding hydrogens is 400 g/mol. The highest BCUT2D eigenvalue weighted by molar-refractivity contribution is 9.10. The van der Waals surface area contributed by atoms with Crippen molar-refractivity contribution in [2.75, 3.05) is 7.05 Å². The molecule has 7 nitrogen and oxygen atoms in total. The van der Waals surface area contributed by atoms with Crippen molar-refractivity contribution in [3.8, 4) is 11.5 Å². The van der Waals surface area contributed by atoms with Gasteiger partial charge in [0.2, 0.25) is 11.8 Å². The zero-order valence-electron chi connectivity index (χ0n) is 14.4. The van der Waals surface area contributed by atoms with Gasteiger partial charge in [0.15, 0.2) is 0 Å². The first-order valence-corrected chi connectivity index (χ1v) is 9.49. The van der Waals surface area contributed by atoms with Crippen LogP contribution in [0, 0.1) is 0 Å². The highest BCUT2D eigenvalue weighted by atomic mass is 79.9. The lowest BCUT2D eigenvalue weighted by molar-refractivity contribution is -0.135. The molecule has 26 heavy (non-hydrogen) atoms. The number of urea groups is 1. The minimum absolute atomic E-state index is 0.00723. The van der Waals surface area contributed by atoms with Crippen molar-refractivity contribution < 1.29 is 14.0 Å². The molecule has 0 N–H and O–H groups in total. The average molecular weight is 419 g/mol. The quantitative estimate of drug-likeness (QED) is 0.711. The van der Waals surface area contributed by atoms with Crippen molar-refractivity contribution >= 4 is 27.9 Å². The summed E-state index contributed by atoms with van der Waals surface area (Å²) in [6.45, 7) is 0.00723. The smallest absolute Gasteiger partial charge is 0.327 e. The van der Waals surface area contributed by atoms with Crippen molar-refractivity contribution in [1.82, 2.24) is 20.0 Å². The van der Waals surface area contributed by atoms with E-state index in [0.717, 1.165) is 42.1 Å². The number of amides is 3. The summed E-state index contributed by atoms with van der Waals surface area (Å²) in [5, 5.41) is 8.05. The Bertz CT molecular complexity index is 842. The van der Waals surface area contributed by atoms with Crippen LogP contribution in [-0.4, -0.2) is 44.5 Å². The molecule has 0 unspecified atom stereocenters. The summed E-state index contributed by atoms with van der Waals surface area (Å²) < 4.78 is 6.63. The minimum atomic E-state index is -0.691. The third kappa shape index (κ3) is 2.72. The number of benzene rings is 1. The van der Waals surface area contributed by atoms with Crippen LogP contribution < -0.4 is 0 Å². The molecule has 1 aliphatic heterocycles. The van der Waals surface area contributed by atoms with Crippen LogP contribution in [-0.2, 0) is 11.3 Å². The van der Waals surface area contributed by atoms with Gasteiger partial charge < -0.3 is 9.32 Å². The summed E-state index contributed by atoms with van der Waals surface area (Å²) >= 11 is 3.38. The van der Waals surface area contributed by atoms with E-state index in [9.17, 15) is 9.59 Å². The van der Waals surface area contributed by atoms with Gasteiger partial charge in [-0.2, -0.15) is 0 Å². The van der Waals surface area contributed by atoms with Gasteiger partial charge in [0.25, 0.3) is 5.91 Å². The molecule has 2 fully saturated rings. The molecule has 136 valence electrons. The number of carbonyl (C=O) groups excluding carboxylic acids is 2. The molecule has 1 aliphatic carbocycles. The zero-order valence-corrected chi connectivity index (χ0v) is 16.0. The van der Waals surface area contributed by atoms with Crippen LogP contribution in [0.2, 0.25) is 0 Å². The first-order valence-electron chi connectivity index (χ1n) is 8.69. The standard InChI is InChI=1S/C18H19BrN4O3/c1-22-17(25)23(16(24)18(22)9-3-2-4-10-18)11-14-20-21-15(26-14)12-5-7-13(19)8-6-12/h5-8H,2-4,9-11H2,1H3. The fourth-order valence-corrected chi connectivity index (χ4v) is 4.10. The molecule has 0 radical (unpaired) electrons. The summed E-state index contributed by atoms with van der Waals surface area (Å²) in [6, 6.07) is 7.19. The maximum atomic E-state index is 13.0. The van der Waals surface area contributed by atoms with Crippen molar-refractivity contribution in [1.29, 1.82) is 0 Å². The monoisotopic (exact) mass is 418 g/mol. The normalized spacial score (nSPS) is 19.6. The number of carbonyl (C=O) groups is 2. The molecule has 3 amide bonds. The SMILES string of the molecule is CN1C(=O)N(Cc2nnc(-c3ccc(Br)cc3)o2)C(=O)C12CCCCC2. The van der Waals surface area contributed by atoms with Crippen molar-refractivity contribution in [3.63, 3.8) is 0 Å². The molecule has 0 atom stereocenters. The van der Waals surface area contributed by atoms with Gasteiger partial charge in [0.1, 0.15) is 12.1 Å². The highest BCUT2D eigenvalue weighted by Gasteiger charge is 2.55. The largest absolute Gasteiger partial charge is 0.419 e. The van der Waals surface area contributed by atoms with E-state index in [2.05, 4.69) is 26.1 Å². The number of likely N-dealkylation sites (N-methyl/N-ethyl adjacent to an activating group) is 1. The summed E-state index contributed by atoms with van der Waals surface area (Å²) in [4.78, 5) is 28.5. The van der Waals surface area contributed by atoms with Gasteiger partial charge >= 0.3 is 6.03 Å². The Morgan fingerprint density at radius 2 is 1.81 bits per heavy atom. The van der Waals surface area contributed by atoms with E-state index < -0.39 is 5.54 Å². The predicted molar refractivity (Wildman–Crippen MR) is 97.0 cm³/mol. The lowest BCUT2D eigenvalue weighted by Gasteiger charge is -2.35. The molecule has 1 saturated carbocycles.